The summed E-state index contributed by atoms with van der Waals surface area (Å²) < 4.78 is 1.57. The minimum atomic E-state index is -0.197. The first-order valence-electron chi connectivity index (χ1n) is 5.69. The van der Waals surface area contributed by atoms with E-state index >= 15 is 0 Å². The Morgan fingerprint density at radius 2 is 2.24 bits per heavy atom. The molecule has 0 aromatic carbocycles. The van der Waals surface area contributed by atoms with Crippen LogP contribution < -0.4 is 11.1 Å². The minimum Gasteiger partial charge on any atom is -0.396 e. The number of anilines is 1. The van der Waals surface area contributed by atoms with Crippen molar-refractivity contribution in [2.24, 2.45) is 0 Å². The maximum absolute atomic E-state index is 11.7. The Bertz CT molecular complexity index is 396. The fraction of sp³-hybridized carbons (Fsp3) is 0.636. The van der Waals surface area contributed by atoms with Crippen LogP contribution in [0.4, 0.5) is 5.69 Å². The topological polar surface area (TPSA) is 93.2 Å². The number of nitrogens with zero attached hydrogens (tertiary/aromatic N) is 2. The molecule has 4 N–H and O–H groups in total. The number of aliphatic hydroxyl groups is 1. The van der Waals surface area contributed by atoms with Gasteiger partial charge in [0.2, 0.25) is 5.91 Å². The van der Waals surface area contributed by atoms with E-state index in [-0.39, 0.29) is 25.1 Å². The average Bonchev–Trinajstić information content (AvgIpc) is 2.54. The summed E-state index contributed by atoms with van der Waals surface area (Å²) in [6, 6.07) is -0.197. The third kappa shape index (κ3) is 3.20. The van der Waals surface area contributed by atoms with Crippen molar-refractivity contribution in [2.75, 3.05) is 12.3 Å². The number of hydrogen-bond donors (Lipinski definition) is 3. The molecule has 1 aromatic rings. The molecule has 1 heterocycles. The molecule has 0 fully saturated rings. The van der Waals surface area contributed by atoms with Gasteiger partial charge in [-0.2, -0.15) is 5.10 Å². The number of nitrogen functional groups attached to an aromatic ring is 1. The second-order valence-electron chi connectivity index (χ2n) is 4.10. The monoisotopic (exact) mass is 240 g/mol. The lowest BCUT2D eigenvalue weighted by Gasteiger charge is -2.14. The van der Waals surface area contributed by atoms with Gasteiger partial charge in [-0.1, -0.05) is 6.92 Å². The van der Waals surface area contributed by atoms with Crippen LogP contribution >= 0.6 is 0 Å². The van der Waals surface area contributed by atoms with Gasteiger partial charge in [-0.15, -0.1) is 0 Å². The van der Waals surface area contributed by atoms with Crippen LogP contribution in [0, 0.1) is 13.8 Å². The van der Waals surface area contributed by atoms with Crippen LogP contribution in [0.3, 0.4) is 0 Å². The molecular weight excluding hydrogens is 220 g/mol. The van der Waals surface area contributed by atoms with E-state index in [1.54, 1.807) is 11.6 Å². The maximum atomic E-state index is 11.7. The van der Waals surface area contributed by atoms with Gasteiger partial charge < -0.3 is 16.2 Å². The molecule has 0 spiro atoms. The normalized spacial score (nSPS) is 12.5. The van der Waals surface area contributed by atoms with Crippen molar-refractivity contribution in [2.45, 2.75) is 39.8 Å². The van der Waals surface area contributed by atoms with Gasteiger partial charge in [-0.05, 0) is 20.3 Å². The van der Waals surface area contributed by atoms with E-state index in [0.717, 1.165) is 11.4 Å². The number of nitrogens with one attached hydrogen (secondary N) is 1. The Hall–Kier alpha value is -1.56. The molecule has 17 heavy (non-hydrogen) atoms. The molecule has 0 unspecified atom stereocenters. The van der Waals surface area contributed by atoms with Crippen LogP contribution in [-0.4, -0.2) is 33.4 Å². The number of aliphatic hydroxyl groups excluding tert-OH is 1. The number of hydrogen-bond acceptors (Lipinski definition) is 4. The van der Waals surface area contributed by atoms with E-state index in [9.17, 15) is 4.79 Å². The highest BCUT2D eigenvalue weighted by Gasteiger charge is 2.13. The SMILES string of the molecule is CC[C@@H](CO)NC(=O)Cn1nc(C)c(N)c1C. The second-order valence-corrected chi connectivity index (χ2v) is 4.10. The lowest BCUT2D eigenvalue weighted by Crippen LogP contribution is -2.39. The van der Waals surface area contributed by atoms with Gasteiger partial charge in [-0.25, -0.2) is 0 Å². The highest BCUT2D eigenvalue weighted by molar-refractivity contribution is 5.76. The molecule has 0 aliphatic carbocycles. The van der Waals surface area contributed by atoms with Gasteiger partial charge in [0.05, 0.1) is 29.7 Å². The molecule has 0 radical (unpaired) electrons. The Morgan fingerprint density at radius 3 is 2.65 bits per heavy atom. The van der Waals surface area contributed by atoms with Gasteiger partial charge in [0.25, 0.3) is 0 Å². The quantitative estimate of drug-likeness (QED) is 0.673. The number of aryl methyl sites for hydroxylation is 1. The van der Waals surface area contributed by atoms with Crippen molar-refractivity contribution in [3.63, 3.8) is 0 Å². The average molecular weight is 240 g/mol. The first-order chi connectivity index (χ1) is 7.99. The Kier molecular flexibility index (Phi) is 4.51. The van der Waals surface area contributed by atoms with Crippen LogP contribution in [0.1, 0.15) is 24.7 Å². The Morgan fingerprint density at radius 1 is 1.59 bits per heavy atom. The standard InChI is InChI=1S/C11H20N4O2/c1-4-9(6-16)13-10(17)5-15-8(3)11(12)7(2)14-15/h9,16H,4-6,12H2,1-3H3,(H,13,17)/t9-/m0/s1. The molecule has 6 heteroatoms. The van der Waals surface area contributed by atoms with Crippen molar-refractivity contribution in [3.05, 3.63) is 11.4 Å². The summed E-state index contributed by atoms with van der Waals surface area (Å²) in [6.07, 6.45) is 0.696. The molecular formula is C11H20N4O2. The van der Waals surface area contributed by atoms with Gasteiger partial charge in [0.1, 0.15) is 6.54 Å². The molecule has 96 valence electrons. The van der Waals surface area contributed by atoms with Crippen LogP contribution in [0.2, 0.25) is 0 Å². The fourth-order valence-corrected chi connectivity index (χ4v) is 1.55. The van der Waals surface area contributed by atoms with Gasteiger partial charge in [0, 0.05) is 0 Å². The number of amides is 1. The van der Waals surface area contributed by atoms with Gasteiger partial charge in [0.15, 0.2) is 0 Å². The lowest BCUT2D eigenvalue weighted by atomic mass is 10.2. The Balaban J connectivity index is 2.65. The number of nitrogens with two attached hydrogens (primary N) is 1. The molecule has 1 rings (SSSR count). The van der Waals surface area contributed by atoms with Crippen molar-refractivity contribution < 1.29 is 9.90 Å². The molecule has 0 bridgehead atoms. The predicted octanol–water partition coefficient (Wildman–Crippen LogP) is -0.0308. The fourth-order valence-electron chi connectivity index (χ4n) is 1.55. The number of carbonyl (C=O) groups is 1. The first kappa shape index (κ1) is 13.5. The molecule has 6 nitrogen and oxygen atoms in total. The van der Waals surface area contributed by atoms with E-state index in [2.05, 4.69) is 10.4 Å². The summed E-state index contributed by atoms with van der Waals surface area (Å²) in [5, 5.41) is 15.9. The third-order valence-corrected chi connectivity index (χ3v) is 2.81. The molecule has 0 saturated carbocycles. The molecule has 1 aromatic heterocycles. The van der Waals surface area contributed by atoms with E-state index in [1.807, 2.05) is 13.8 Å². The summed E-state index contributed by atoms with van der Waals surface area (Å²) in [5.74, 6) is -0.170. The minimum absolute atomic E-state index is 0.0541. The van der Waals surface area contributed by atoms with E-state index in [0.29, 0.717) is 12.1 Å². The molecule has 1 atom stereocenters. The number of aromatic nitrogens is 2. The number of carbonyl (C=O) groups excluding carboxylic acids is 1. The summed E-state index contributed by atoms with van der Waals surface area (Å²) in [6.45, 7) is 5.61. The second kappa shape index (κ2) is 5.67. The van der Waals surface area contributed by atoms with E-state index in [4.69, 9.17) is 10.8 Å². The van der Waals surface area contributed by atoms with Crippen LogP contribution in [0.15, 0.2) is 0 Å². The summed E-state index contributed by atoms with van der Waals surface area (Å²) in [7, 11) is 0. The zero-order chi connectivity index (χ0) is 13.0. The summed E-state index contributed by atoms with van der Waals surface area (Å²) >= 11 is 0. The maximum Gasteiger partial charge on any atom is 0.242 e. The van der Waals surface area contributed by atoms with Crippen molar-refractivity contribution >= 4 is 11.6 Å². The van der Waals surface area contributed by atoms with Gasteiger partial charge in [-0.3, -0.25) is 9.48 Å². The van der Waals surface area contributed by atoms with E-state index < -0.39 is 0 Å². The largest absolute Gasteiger partial charge is 0.396 e. The third-order valence-electron chi connectivity index (χ3n) is 2.81. The molecule has 0 aliphatic rings. The van der Waals surface area contributed by atoms with E-state index in [1.165, 1.54) is 0 Å². The van der Waals surface area contributed by atoms with Crippen molar-refractivity contribution in [1.82, 2.24) is 15.1 Å². The highest BCUT2D eigenvalue weighted by atomic mass is 16.3. The predicted molar refractivity (Wildman–Crippen MR) is 65.4 cm³/mol. The van der Waals surface area contributed by atoms with Crippen LogP contribution in [0.5, 0.6) is 0 Å². The number of rotatable bonds is 5. The molecule has 0 aliphatic heterocycles. The van der Waals surface area contributed by atoms with Crippen LogP contribution in [0.25, 0.3) is 0 Å². The summed E-state index contributed by atoms with van der Waals surface area (Å²) in [4.78, 5) is 11.7. The highest BCUT2D eigenvalue weighted by Crippen LogP contribution is 2.14. The lowest BCUT2D eigenvalue weighted by molar-refractivity contribution is -0.122. The zero-order valence-electron chi connectivity index (χ0n) is 10.5. The molecule has 0 saturated heterocycles. The molecule has 1 amide bonds. The smallest absolute Gasteiger partial charge is 0.242 e. The zero-order valence-corrected chi connectivity index (χ0v) is 10.5. The Labute approximate surface area is 101 Å². The summed E-state index contributed by atoms with van der Waals surface area (Å²) in [5.41, 5.74) is 7.91. The van der Waals surface area contributed by atoms with Crippen molar-refractivity contribution in [3.8, 4) is 0 Å². The van der Waals surface area contributed by atoms with Gasteiger partial charge >= 0.3 is 0 Å². The van der Waals surface area contributed by atoms with Crippen LogP contribution in [-0.2, 0) is 11.3 Å². The first-order valence-corrected chi connectivity index (χ1v) is 5.69. The van der Waals surface area contributed by atoms with Crippen molar-refractivity contribution in [1.29, 1.82) is 0 Å².